The molecule has 0 fully saturated rings. The molecule has 2 aromatic carbocycles. The molecule has 0 bridgehead atoms. The predicted molar refractivity (Wildman–Crippen MR) is 88.2 cm³/mol. The molecular weight excluding hydrogens is 274 g/mol. The van der Waals surface area contributed by atoms with Crippen LogP contribution >= 0.6 is 0 Å². The first kappa shape index (κ1) is 14.1. The molecule has 3 nitrogen and oxygen atoms in total. The maximum atomic E-state index is 12.5. The SMILES string of the molecule is COc1ccc2c([c]c(C)n2C(=O)C=Cc2ccccc2)c1. The fourth-order valence-electron chi connectivity index (χ4n) is 2.46. The Morgan fingerprint density at radius 1 is 1.18 bits per heavy atom. The topological polar surface area (TPSA) is 31.2 Å². The fourth-order valence-corrected chi connectivity index (χ4v) is 2.46. The largest absolute Gasteiger partial charge is 0.497 e. The number of hydrogen-bond donors (Lipinski definition) is 0. The van der Waals surface area contributed by atoms with Crippen LogP contribution in [0.3, 0.4) is 0 Å². The Labute approximate surface area is 129 Å². The Bertz CT molecular complexity index is 845. The molecule has 0 unspecified atom stereocenters. The molecule has 109 valence electrons. The lowest BCUT2D eigenvalue weighted by Crippen LogP contribution is -2.08. The van der Waals surface area contributed by atoms with Crippen molar-refractivity contribution in [1.29, 1.82) is 0 Å². The number of methoxy groups -OCH3 is 1. The average molecular weight is 290 g/mol. The summed E-state index contributed by atoms with van der Waals surface area (Å²) in [5.41, 5.74) is 2.61. The van der Waals surface area contributed by atoms with Crippen LogP contribution in [0.4, 0.5) is 0 Å². The van der Waals surface area contributed by atoms with Gasteiger partial charge in [-0.15, -0.1) is 0 Å². The molecule has 3 rings (SSSR count). The second-order valence-corrected chi connectivity index (χ2v) is 5.01. The molecule has 1 heterocycles. The van der Waals surface area contributed by atoms with Gasteiger partial charge in [-0.1, -0.05) is 30.3 Å². The molecule has 0 amide bonds. The maximum Gasteiger partial charge on any atom is 0.255 e. The monoisotopic (exact) mass is 290 g/mol. The van der Waals surface area contributed by atoms with Crippen molar-refractivity contribution in [3.8, 4) is 5.75 Å². The van der Waals surface area contributed by atoms with Gasteiger partial charge in [0.15, 0.2) is 0 Å². The summed E-state index contributed by atoms with van der Waals surface area (Å²) in [4.78, 5) is 12.5. The molecule has 0 atom stereocenters. The van der Waals surface area contributed by atoms with Crippen molar-refractivity contribution >= 4 is 22.9 Å². The van der Waals surface area contributed by atoms with Crippen LogP contribution in [0.1, 0.15) is 16.1 Å². The van der Waals surface area contributed by atoms with E-state index >= 15 is 0 Å². The van der Waals surface area contributed by atoms with Crippen LogP contribution in [0.25, 0.3) is 17.0 Å². The highest BCUT2D eigenvalue weighted by molar-refractivity contribution is 6.01. The molecule has 3 heteroatoms. The Hall–Kier alpha value is -2.81. The van der Waals surface area contributed by atoms with Gasteiger partial charge in [0, 0.05) is 23.2 Å². The van der Waals surface area contributed by atoms with E-state index in [2.05, 4.69) is 6.07 Å². The van der Waals surface area contributed by atoms with Crippen molar-refractivity contribution in [3.63, 3.8) is 0 Å². The summed E-state index contributed by atoms with van der Waals surface area (Å²) < 4.78 is 6.87. The molecule has 22 heavy (non-hydrogen) atoms. The Morgan fingerprint density at radius 2 is 1.95 bits per heavy atom. The third-order valence-corrected chi connectivity index (χ3v) is 3.53. The number of hydrogen-bond acceptors (Lipinski definition) is 2. The zero-order valence-electron chi connectivity index (χ0n) is 12.5. The van der Waals surface area contributed by atoms with Crippen LogP contribution < -0.4 is 4.74 Å². The van der Waals surface area contributed by atoms with E-state index in [4.69, 9.17) is 4.74 Å². The summed E-state index contributed by atoms with van der Waals surface area (Å²) in [6.45, 7) is 1.88. The van der Waals surface area contributed by atoms with E-state index in [9.17, 15) is 4.79 Å². The number of benzene rings is 2. The molecule has 1 aromatic heterocycles. The molecule has 0 saturated heterocycles. The van der Waals surface area contributed by atoms with E-state index in [1.807, 2.05) is 61.5 Å². The van der Waals surface area contributed by atoms with Crippen LogP contribution in [0.2, 0.25) is 0 Å². The number of nitrogens with zero attached hydrogens (tertiary/aromatic N) is 1. The van der Waals surface area contributed by atoms with Gasteiger partial charge in [-0.3, -0.25) is 9.36 Å². The normalized spacial score (nSPS) is 11.2. The highest BCUT2D eigenvalue weighted by atomic mass is 16.5. The highest BCUT2D eigenvalue weighted by Crippen LogP contribution is 2.24. The summed E-state index contributed by atoms with van der Waals surface area (Å²) in [6.07, 6.45) is 3.40. The first-order valence-corrected chi connectivity index (χ1v) is 7.05. The smallest absolute Gasteiger partial charge is 0.255 e. The first-order chi connectivity index (χ1) is 10.7. The minimum absolute atomic E-state index is 0.0854. The van der Waals surface area contributed by atoms with Gasteiger partial charge in [0.2, 0.25) is 0 Å². The van der Waals surface area contributed by atoms with Crippen LogP contribution in [-0.2, 0) is 0 Å². The quantitative estimate of drug-likeness (QED) is 0.680. The van der Waals surface area contributed by atoms with Crippen LogP contribution in [-0.4, -0.2) is 17.6 Å². The predicted octanol–water partition coefficient (Wildman–Crippen LogP) is 4.11. The van der Waals surface area contributed by atoms with Crippen LogP contribution in [0.5, 0.6) is 5.75 Å². The van der Waals surface area contributed by atoms with Gasteiger partial charge in [0.25, 0.3) is 5.91 Å². The van der Waals surface area contributed by atoms with Crippen molar-refractivity contribution in [3.05, 3.63) is 71.9 Å². The lowest BCUT2D eigenvalue weighted by molar-refractivity contribution is 0.0973. The number of carbonyl (C=O) groups is 1. The minimum atomic E-state index is -0.0854. The third-order valence-electron chi connectivity index (χ3n) is 3.53. The second-order valence-electron chi connectivity index (χ2n) is 5.01. The van der Waals surface area contributed by atoms with Gasteiger partial charge < -0.3 is 4.74 Å². The van der Waals surface area contributed by atoms with Crippen molar-refractivity contribution in [1.82, 2.24) is 4.57 Å². The Balaban J connectivity index is 1.97. The Kier molecular flexibility index (Phi) is 3.79. The molecule has 1 radical (unpaired) electrons. The number of rotatable bonds is 3. The number of aromatic nitrogens is 1. The highest BCUT2D eigenvalue weighted by Gasteiger charge is 2.11. The van der Waals surface area contributed by atoms with E-state index in [0.29, 0.717) is 0 Å². The summed E-state index contributed by atoms with van der Waals surface area (Å²) in [6, 6.07) is 18.6. The van der Waals surface area contributed by atoms with Crippen molar-refractivity contribution in [2.24, 2.45) is 0 Å². The van der Waals surface area contributed by atoms with E-state index in [0.717, 1.165) is 27.9 Å². The fraction of sp³-hybridized carbons (Fsp3) is 0.105. The molecule has 0 aliphatic rings. The number of aryl methyl sites for hydroxylation is 1. The number of ether oxygens (including phenoxy) is 1. The third kappa shape index (κ3) is 2.66. The molecule has 0 saturated carbocycles. The standard InChI is InChI=1S/C19H16NO2/c1-14-12-16-13-17(22-2)9-10-18(16)20(14)19(21)11-8-15-6-4-3-5-7-15/h3-11,13H,1-2H3. The van der Waals surface area contributed by atoms with Gasteiger partial charge in [-0.25, -0.2) is 0 Å². The number of fused-ring (bicyclic) bond motifs is 1. The van der Waals surface area contributed by atoms with Gasteiger partial charge in [-0.05, 0) is 36.8 Å². The molecular formula is C19H16NO2. The molecule has 0 N–H and O–H groups in total. The second kappa shape index (κ2) is 5.90. The zero-order valence-corrected chi connectivity index (χ0v) is 12.5. The summed E-state index contributed by atoms with van der Waals surface area (Å²) >= 11 is 0. The van der Waals surface area contributed by atoms with Gasteiger partial charge in [0.1, 0.15) is 5.75 Å². The molecule has 0 aliphatic heterocycles. The lowest BCUT2D eigenvalue weighted by Gasteiger charge is -2.04. The summed E-state index contributed by atoms with van der Waals surface area (Å²) in [5.74, 6) is 0.672. The van der Waals surface area contributed by atoms with Crippen molar-refractivity contribution in [2.75, 3.05) is 7.11 Å². The van der Waals surface area contributed by atoms with E-state index < -0.39 is 0 Å². The van der Waals surface area contributed by atoms with Gasteiger partial charge in [-0.2, -0.15) is 0 Å². The van der Waals surface area contributed by atoms with Crippen molar-refractivity contribution < 1.29 is 9.53 Å². The van der Waals surface area contributed by atoms with E-state index in [1.54, 1.807) is 17.8 Å². The Morgan fingerprint density at radius 3 is 2.68 bits per heavy atom. The van der Waals surface area contributed by atoms with E-state index in [-0.39, 0.29) is 5.91 Å². The minimum Gasteiger partial charge on any atom is -0.497 e. The van der Waals surface area contributed by atoms with Crippen LogP contribution in [0, 0.1) is 13.0 Å². The number of carbonyl (C=O) groups excluding carboxylic acids is 1. The van der Waals surface area contributed by atoms with Gasteiger partial charge in [0.05, 0.1) is 12.6 Å². The summed E-state index contributed by atoms with van der Waals surface area (Å²) in [7, 11) is 1.62. The molecule has 0 spiro atoms. The lowest BCUT2D eigenvalue weighted by atomic mass is 10.2. The number of allylic oxidation sites excluding steroid dienone is 1. The van der Waals surface area contributed by atoms with Crippen molar-refractivity contribution in [2.45, 2.75) is 6.92 Å². The van der Waals surface area contributed by atoms with Gasteiger partial charge >= 0.3 is 0 Å². The zero-order chi connectivity index (χ0) is 15.5. The van der Waals surface area contributed by atoms with E-state index in [1.165, 1.54) is 0 Å². The molecule has 3 aromatic rings. The maximum absolute atomic E-state index is 12.5. The molecule has 0 aliphatic carbocycles. The average Bonchev–Trinajstić information content (AvgIpc) is 2.88. The first-order valence-electron chi connectivity index (χ1n) is 7.05. The van der Waals surface area contributed by atoms with Crippen LogP contribution in [0.15, 0.2) is 54.6 Å². The summed E-state index contributed by atoms with van der Waals surface area (Å²) in [5, 5.41) is 0.873.